The van der Waals surface area contributed by atoms with Crippen molar-refractivity contribution in [1.82, 2.24) is 20.9 Å². The summed E-state index contributed by atoms with van der Waals surface area (Å²) in [4.78, 5) is 119. The number of nitrogens with one attached hydrogen (secondary N) is 3. The molecule has 17 atom stereocenters. The van der Waals surface area contributed by atoms with E-state index in [4.69, 9.17) is 52.1 Å². The Bertz CT molecular complexity index is 2550. The van der Waals surface area contributed by atoms with Crippen molar-refractivity contribution >= 4 is 74.7 Å². The van der Waals surface area contributed by atoms with E-state index in [1.165, 1.54) is 0 Å². The van der Waals surface area contributed by atoms with Crippen molar-refractivity contribution in [2.45, 2.75) is 319 Å². The Balaban J connectivity index is 1.28. The Morgan fingerprint density at radius 3 is 1.27 bits per heavy atom. The fraction of sp³-hybridized carbons (Fsp3) is 0.889. The van der Waals surface area contributed by atoms with Crippen molar-refractivity contribution in [3.63, 3.8) is 0 Å². The highest BCUT2D eigenvalue weighted by molar-refractivity contribution is 8.76. The number of ketones is 3. The number of nitrogens with zero attached hydrogens (tertiary/aromatic N) is 1. The molecule has 0 radical (unpaired) electrons. The largest absolute Gasteiger partial charge is 0.466 e. The predicted octanol–water partition coefficient (Wildman–Crippen LogP) is 5.13. The maximum absolute atomic E-state index is 14.2. The third kappa shape index (κ3) is 41.5. The summed E-state index contributed by atoms with van der Waals surface area (Å²) < 4.78 is 61.9. The molecule has 4 rings (SSSR count). The van der Waals surface area contributed by atoms with Gasteiger partial charge in [-0.2, -0.15) is 0 Å². The van der Waals surface area contributed by atoms with Crippen LogP contribution in [0.3, 0.4) is 0 Å². The fourth-order valence-electron chi connectivity index (χ4n) is 14.7. The van der Waals surface area contributed by atoms with Gasteiger partial charge in [-0.05, 0) is 127 Å². The maximum atomic E-state index is 14.2. The van der Waals surface area contributed by atoms with Gasteiger partial charge in [-0.3, -0.25) is 38.4 Å². The van der Waals surface area contributed by atoms with Crippen LogP contribution < -0.4 is 16.0 Å². The van der Waals surface area contributed by atoms with Crippen molar-refractivity contribution < 1.29 is 141 Å². The number of unbranched alkanes of at least 4 members (excludes halogenated alkanes) is 7. The monoisotopic (exact) mass is 1700 g/mol. The van der Waals surface area contributed by atoms with E-state index in [9.17, 15) is 89.1 Å². The molecule has 116 heavy (non-hydrogen) atoms. The third-order valence-corrected chi connectivity index (χ3v) is 24.4. The van der Waals surface area contributed by atoms with Gasteiger partial charge in [0.05, 0.1) is 96.5 Å². The third-order valence-electron chi connectivity index (χ3n) is 21.9. The van der Waals surface area contributed by atoms with Gasteiger partial charge in [0.2, 0.25) is 17.7 Å². The summed E-state index contributed by atoms with van der Waals surface area (Å²) in [6.45, 7) is 6.30. The molecule has 0 aromatic carbocycles. The molecule has 0 bridgehead atoms. The first-order chi connectivity index (χ1) is 55.8. The summed E-state index contributed by atoms with van der Waals surface area (Å²) in [6.07, 6.45) is 1.34. The lowest BCUT2D eigenvalue weighted by Crippen LogP contribution is -2.55. The van der Waals surface area contributed by atoms with Crippen molar-refractivity contribution in [2.24, 2.45) is 23.2 Å². The number of hydrogen-bond acceptors (Lipinski definition) is 31. The highest BCUT2D eigenvalue weighted by Gasteiger charge is 2.45. The Hall–Kier alpha value is -4.35. The zero-order chi connectivity index (χ0) is 85.1. The molecule has 0 spiro atoms. The second-order valence-electron chi connectivity index (χ2n) is 31.3. The molecule has 33 nitrogen and oxygen atoms in total. The number of esters is 2. The van der Waals surface area contributed by atoms with Gasteiger partial charge >= 0.3 is 18.0 Å². The van der Waals surface area contributed by atoms with Gasteiger partial charge in [0.15, 0.2) is 18.9 Å². The highest BCUT2D eigenvalue weighted by Crippen LogP contribution is 2.41. The average Bonchev–Trinajstić information content (AvgIpc) is 1.27. The predicted molar refractivity (Wildman–Crippen MR) is 429 cm³/mol. The van der Waals surface area contributed by atoms with Gasteiger partial charge in [-0.15, -0.1) is 0 Å². The molecule has 0 aliphatic carbocycles. The number of carbonyl (C=O) groups is 9. The summed E-state index contributed by atoms with van der Waals surface area (Å²) in [5.41, 5.74) is -0.685. The van der Waals surface area contributed by atoms with Crippen LogP contribution >= 0.6 is 21.6 Å². The van der Waals surface area contributed by atoms with E-state index < -0.39 is 135 Å². The summed E-state index contributed by atoms with van der Waals surface area (Å²) >= 11 is 0. The number of Topliss-reactive ketones (excluding diaryl/α,β-unsaturated/α-hetero) is 3. The molecular weight excluding hydrogens is 1560 g/mol. The molecule has 4 heterocycles. The van der Waals surface area contributed by atoms with Crippen LogP contribution in [-0.2, 0) is 90.5 Å². The standard InChI is InChI=1S/C81H142N4O29S2/c1-55-71(97)74(100)63(51-86)112-77(55)108-40-17-26-59(89)24-9-6-16-39-84-80(103)111-45-23-36-81(49-61(91)33-47-116-115-46-20-27-60(90)25-12-13-30-68(94)85-50-62(105-5)48-58(85)54-104-4,34-21-43-106-69(95)31-10-7-14-37-82-66(92)28-18-41-109-78-56(2)72(98)75(101)64(52-87)113-78)35-22-44-107-70(96)32-11-8-15-38-83-67(93)29-19-42-110-79-57(3)73(99)76(102)65(53-88)114-79/h55-58,62-65,71-79,86-88,97-102H,6-54H2,1-5H3,(H,82,92)(H,83,93)(H,84,103)/t55?,56?,57?,58-,62+,63?,64?,65?,71?,72?,73?,74?,75?,76?,77?,78?,79?,81?/m1/s1. The minimum atomic E-state index is -1.24. The number of hydrogen-bond donors (Lipinski definition) is 12. The van der Waals surface area contributed by atoms with Crippen LogP contribution in [0.1, 0.15) is 233 Å². The first kappa shape index (κ1) is 104. The van der Waals surface area contributed by atoms with Crippen molar-refractivity contribution in [3.05, 3.63) is 0 Å². The van der Waals surface area contributed by atoms with Crippen LogP contribution in [0.15, 0.2) is 0 Å². The zero-order valence-corrected chi connectivity index (χ0v) is 71.0. The molecule has 672 valence electrons. The minimum Gasteiger partial charge on any atom is -0.466 e. The Morgan fingerprint density at radius 1 is 0.422 bits per heavy atom. The number of methoxy groups -OCH3 is 2. The molecule has 0 aromatic rings. The van der Waals surface area contributed by atoms with Gasteiger partial charge in [0.25, 0.3) is 0 Å². The summed E-state index contributed by atoms with van der Waals surface area (Å²) in [7, 11) is 6.41. The molecule has 15 unspecified atom stereocenters. The van der Waals surface area contributed by atoms with E-state index in [2.05, 4.69) is 16.0 Å². The van der Waals surface area contributed by atoms with Crippen molar-refractivity contribution in [2.75, 3.05) is 118 Å². The average molecular weight is 1700 g/mol. The van der Waals surface area contributed by atoms with E-state index in [0.29, 0.717) is 205 Å². The molecule has 35 heteroatoms. The number of ether oxygens (including phenoxy) is 11. The van der Waals surface area contributed by atoms with Crippen LogP contribution in [0, 0.1) is 23.2 Å². The van der Waals surface area contributed by atoms with E-state index in [1.807, 2.05) is 4.90 Å². The normalized spacial score (nSPS) is 25.9. The number of aliphatic hydroxyl groups excluding tert-OH is 9. The van der Waals surface area contributed by atoms with Gasteiger partial charge < -0.3 is 119 Å². The topological polar surface area (TPSA) is 477 Å². The summed E-state index contributed by atoms with van der Waals surface area (Å²) in [5, 5.41) is 98.3. The van der Waals surface area contributed by atoms with Crippen molar-refractivity contribution in [1.29, 1.82) is 0 Å². The van der Waals surface area contributed by atoms with E-state index in [1.54, 1.807) is 56.6 Å². The number of amides is 4. The van der Waals surface area contributed by atoms with Crippen LogP contribution in [0.5, 0.6) is 0 Å². The lowest BCUT2D eigenvalue weighted by Gasteiger charge is -2.40. The maximum Gasteiger partial charge on any atom is 0.407 e. The number of rotatable bonds is 66. The highest BCUT2D eigenvalue weighted by atomic mass is 33.1. The number of alkyl carbamates (subject to hydrolysis) is 1. The number of carbonyl (C=O) groups excluding carboxylic acids is 9. The lowest BCUT2D eigenvalue weighted by molar-refractivity contribution is -0.282. The summed E-state index contributed by atoms with van der Waals surface area (Å²) in [6, 6.07) is -0.0234. The number of likely N-dealkylation sites (tertiary alicyclic amines) is 1. The molecule has 0 aromatic heterocycles. The van der Waals surface area contributed by atoms with Crippen LogP contribution in [0.4, 0.5) is 4.79 Å². The van der Waals surface area contributed by atoms with E-state index in [0.717, 1.165) is 6.42 Å². The smallest absolute Gasteiger partial charge is 0.407 e. The number of aliphatic hydroxyl groups is 9. The molecule has 4 saturated heterocycles. The molecule has 4 aliphatic heterocycles. The first-order valence-electron chi connectivity index (χ1n) is 42.4. The lowest BCUT2D eigenvalue weighted by atomic mass is 9.71. The van der Waals surface area contributed by atoms with Crippen LogP contribution in [0.25, 0.3) is 0 Å². The van der Waals surface area contributed by atoms with Gasteiger partial charge in [0.1, 0.15) is 54.0 Å². The van der Waals surface area contributed by atoms with E-state index >= 15 is 0 Å². The van der Waals surface area contributed by atoms with Gasteiger partial charge in [0, 0.05) is 140 Å². The van der Waals surface area contributed by atoms with Gasteiger partial charge in [-0.25, -0.2) is 4.79 Å². The quantitative estimate of drug-likeness (QED) is 0.0162. The van der Waals surface area contributed by atoms with Crippen molar-refractivity contribution in [3.8, 4) is 0 Å². The Labute approximate surface area is 693 Å². The molecule has 4 aliphatic rings. The molecule has 4 amide bonds. The van der Waals surface area contributed by atoms with Gasteiger partial charge in [-0.1, -0.05) is 61.6 Å². The SMILES string of the molecule is COC[C@H]1C[C@H](OC)CN1C(=O)CCCCC(=O)CCCSSCCC(=O)CC(CCCOC(=O)CCCCCNC(=O)CCCOC1OC(CO)C(O)C(O)C1C)(CCCOC(=O)CCCCCNC(=O)CCCOC1OC(CO)C(O)C(O)C1C)CCCOC(=O)NCCCCCC(=O)CCCOC1OC(CO)C(O)C(O)C1C. The summed E-state index contributed by atoms with van der Waals surface area (Å²) in [5.74, 6) is -1.34. The Morgan fingerprint density at radius 2 is 0.819 bits per heavy atom. The minimum absolute atomic E-state index is 0.00487. The molecule has 4 fully saturated rings. The van der Waals surface area contributed by atoms with Crippen LogP contribution in [0.2, 0.25) is 0 Å². The second kappa shape index (κ2) is 61.0. The molecule has 0 saturated carbocycles. The van der Waals surface area contributed by atoms with Crippen LogP contribution in [-0.4, -0.2) is 308 Å². The zero-order valence-electron chi connectivity index (χ0n) is 69.4. The molecular formula is C81H142N4O29S2. The second-order valence-corrected chi connectivity index (χ2v) is 34.0. The van der Waals surface area contributed by atoms with E-state index in [-0.39, 0.29) is 132 Å². The molecule has 12 N–H and O–H groups in total. The fourth-order valence-corrected chi connectivity index (χ4v) is 16.8. The Kier molecular flexibility index (Phi) is 54.7. The first-order valence-corrected chi connectivity index (χ1v) is 44.9.